The van der Waals surface area contributed by atoms with Crippen LogP contribution in [0.3, 0.4) is 0 Å². The molecule has 2 aromatic rings. The molecule has 2 rings (SSSR count). The summed E-state index contributed by atoms with van der Waals surface area (Å²) in [5.74, 6) is -0.221. The molecule has 0 aliphatic carbocycles. The number of hydrogen-bond acceptors (Lipinski definition) is 6. The van der Waals surface area contributed by atoms with Crippen molar-refractivity contribution in [2.75, 3.05) is 25.1 Å². The van der Waals surface area contributed by atoms with Crippen LogP contribution in [-0.4, -0.2) is 46.1 Å². The quantitative estimate of drug-likeness (QED) is 0.579. The molecule has 0 amide bonds. The lowest BCUT2D eigenvalue weighted by atomic mass is 10.2. The van der Waals surface area contributed by atoms with Gasteiger partial charge in [0, 0.05) is 20.6 Å². The minimum Gasteiger partial charge on any atom is -0.490 e. The molecule has 1 unspecified atom stereocenters. The van der Waals surface area contributed by atoms with Crippen molar-refractivity contribution in [2.45, 2.75) is 19.2 Å². The Balaban J connectivity index is 2.08. The maximum atomic E-state index is 12.9. The molecule has 11 heteroatoms. The summed E-state index contributed by atoms with van der Waals surface area (Å²) >= 11 is 0. The van der Waals surface area contributed by atoms with E-state index in [1.165, 1.54) is 42.7 Å². The van der Waals surface area contributed by atoms with E-state index in [1.807, 2.05) is 0 Å². The molecule has 1 aromatic heterocycles. The van der Waals surface area contributed by atoms with Crippen molar-refractivity contribution in [3.63, 3.8) is 0 Å². The minimum absolute atomic E-state index is 0.103. The zero-order chi connectivity index (χ0) is 20.4. The van der Waals surface area contributed by atoms with Crippen LogP contribution in [0.15, 0.2) is 24.3 Å². The van der Waals surface area contributed by atoms with Crippen molar-refractivity contribution in [1.82, 2.24) is 9.78 Å². The van der Waals surface area contributed by atoms with E-state index in [0.29, 0.717) is 0 Å². The first kappa shape index (κ1) is 20.5. The first-order valence-electron chi connectivity index (χ1n) is 7.88. The molecule has 0 aliphatic heterocycles. The number of nitro groups is 1. The van der Waals surface area contributed by atoms with Gasteiger partial charge in [0.15, 0.2) is 0 Å². The Morgan fingerprint density at radius 3 is 2.63 bits per heavy atom. The molecule has 0 aliphatic rings. The van der Waals surface area contributed by atoms with Gasteiger partial charge < -0.3 is 14.7 Å². The van der Waals surface area contributed by atoms with Gasteiger partial charge in [-0.05, 0) is 19.1 Å². The number of hydrogen-bond donors (Lipinski definition) is 1. The van der Waals surface area contributed by atoms with Gasteiger partial charge in [0.1, 0.15) is 24.2 Å². The fourth-order valence-corrected chi connectivity index (χ4v) is 2.74. The normalized spacial score (nSPS) is 12.7. The zero-order valence-electron chi connectivity index (χ0n) is 14.9. The number of likely N-dealkylation sites (N-methyl/N-ethyl adjacent to an activating group) is 1. The van der Waals surface area contributed by atoms with Gasteiger partial charge in [-0.15, -0.1) is 0 Å². The minimum atomic E-state index is -4.58. The number of nitrogens with zero attached hydrogens (tertiary/aromatic N) is 4. The number of ether oxygens (including phenoxy) is 1. The van der Waals surface area contributed by atoms with Crippen LogP contribution in [0.5, 0.6) is 5.75 Å². The zero-order valence-corrected chi connectivity index (χ0v) is 14.9. The highest BCUT2D eigenvalue weighted by atomic mass is 19.4. The predicted molar refractivity (Wildman–Crippen MR) is 90.8 cm³/mol. The Kier molecular flexibility index (Phi) is 5.94. The molecule has 27 heavy (non-hydrogen) atoms. The Bertz CT molecular complexity index is 822. The Labute approximate surface area is 152 Å². The van der Waals surface area contributed by atoms with Crippen LogP contribution in [0.2, 0.25) is 0 Å². The third kappa shape index (κ3) is 4.67. The van der Waals surface area contributed by atoms with Crippen LogP contribution in [0.25, 0.3) is 0 Å². The molecule has 1 heterocycles. The molecule has 8 nitrogen and oxygen atoms in total. The predicted octanol–water partition coefficient (Wildman–Crippen LogP) is 2.53. The summed E-state index contributed by atoms with van der Waals surface area (Å²) in [5, 5.41) is 25.3. The van der Waals surface area contributed by atoms with Gasteiger partial charge in [-0.1, -0.05) is 12.1 Å². The van der Waals surface area contributed by atoms with E-state index in [9.17, 15) is 28.4 Å². The molecule has 0 fully saturated rings. The summed E-state index contributed by atoms with van der Waals surface area (Å²) < 4.78 is 45.3. The summed E-state index contributed by atoms with van der Waals surface area (Å²) in [6.07, 6.45) is -5.77. The third-order valence-electron chi connectivity index (χ3n) is 3.81. The summed E-state index contributed by atoms with van der Waals surface area (Å²) in [4.78, 5) is 12.1. The molecule has 1 N–H and O–H groups in total. The van der Waals surface area contributed by atoms with E-state index in [-0.39, 0.29) is 23.7 Å². The van der Waals surface area contributed by atoms with Gasteiger partial charge in [0.2, 0.25) is 5.82 Å². The van der Waals surface area contributed by atoms with Gasteiger partial charge in [0.05, 0.1) is 10.5 Å². The molecule has 148 valence electrons. The second kappa shape index (κ2) is 7.82. The van der Waals surface area contributed by atoms with Crippen molar-refractivity contribution < 1.29 is 27.9 Å². The van der Waals surface area contributed by atoms with E-state index < -0.39 is 35.1 Å². The molecule has 1 atom stereocenters. The number of benzene rings is 1. The number of para-hydroxylation sites is 1. The standard InChI is InChI=1S/C16H19F3N4O4/c1-10-14(23(25)26)15(22(3)20-10)21(2)8-11(24)9-27-13-7-5-4-6-12(13)16(17,18)19/h4-7,11,24H,8-9H2,1-3H3. The van der Waals surface area contributed by atoms with Gasteiger partial charge in [-0.25, -0.2) is 4.68 Å². The Morgan fingerprint density at radius 1 is 1.41 bits per heavy atom. The first-order chi connectivity index (χ1) is 12.5. The fraction of sp³-hybridized carbons (Fsp3) is 0.438. The SMILES string of the molecule is Cc1nn(C)c(N(C)CC(O)COc2ccccc2C(F)(F)F)c1[N+](=O)[O-]. The third-order valence-corrected chi connectivity index (χ3v) is 3.81. The number of aliphatic hydroxyl groups excluding tert-OH is 1. The van der Waals surface area contributed by atoms with Crippen LogP contribution >= 0.6 is 0 Å². The molecule has 0 bridgehead atoms. The van der Waals surface area contributed by atoms with Crippen molar-refractivity contribution in [3.8, 4) is 5.75 Å². The van der Waals surface area contributed by atoms with E-state index in [4.69, 9.17) is 4.74 Å². The van der Waals surface area contributed by atoms with Gasteiger partial charge in [0.25, 0.3) is 0 Å². The average molecular weight is 388 g/mol. The maximum absolute atomic E-state index is 12.9. The fourth-order valence-electron chi connectivity index (χ4n) is 2.74. The van der Waals surface area contributed by atoms with Crippen LogP contribution in [0.4, 0.5) is 24.7 Å². The highest BCUT2D eigenvalue weighted by molar-refractivity contribution is 5.60. The first-order valence-corrected chi connectivity index (χ1v) is 7.88. The molecular formula is C16H19F3N4O4. The summed E-state index contributed by atoms with van der Waals surface area (Å²) in [6, 6.07) is 4.68. The topological polar surface area (TPSA) is 93.7 Å². The van der Waals surface area contributed by atoms with Crippen molar-refractivity contribution in [2.24, 2.45) is 7.05 Å². The van der Waals surface area contributed by atoms with Crippen molar-refractivity contribution in [1.29, 1.82) is 0 Å². The number of aromatic nitrogens is 2. The molecule has 0 spiro atoms. The highest BCUT2D eigenvalue weighted by Crippen LogP contribution is 2.36. The number of aryl methyl sites for hydroxylation is 2. The summed E-state index contributed by atoms with van der Waals surface area (Å²) in [5.41, 5.74) is -0.923. The lowest BCUT2D eigenvalue weighted by Crippen LogP contribution is -2.34. The lowest BCUT2D eigenvalue weighted by molar-refractivity contribution is -0.384. The monoisotopic (exact) mass is 388 g/mol. The Morgan fingerprint density at radius 2 is 2.04 bits per heavy atom. The largest absolute Gasteiger partial charge is 0.490 e. The lowest BCUT2D eigenvalue weighted by Gasteiger charge is -2.22. The summed E-state index contributed by atoms with van der Waals surface area (Å²) in [6.45, 7) is 0.971. The number of halogens is 3. The molecular weight excluding hydrogens is 369 g/mol. The van der Waals surface area contributed by atoms with Crippen molar-refractivity contribution >= 4 is 11.5 Å². The summed E-state index contributed by atoms with van der Waals surface area (Å²) in [7, 11) is 3.03. The van der Waals surface area contributed by atoms with Gasteiger partial charge in [-0.3, -0.25) is 10.1 Å². The second-order valence-electron chi connectivity index (χ2n) is 5.98. The molecule has 1 aromatic carbocycles. The van der Waals surface area contributed by atoms with E-state index in [2.05, 4.69) is 5.10 Å². The maximum Gasteiger partial charge on any atom is 0.419 e. The highest BCUT2D eigenvalue weighted by Gasteiger charge is 2.34. The number of alkyl halides is 3. The number of aliphatic hydroxyl groups is 1. The second-order valence-corrected chi connectivity index (χ2v) is 5.98. The molecule has 0 saturated heterocycles. The Hall–Kier alpha value is -2.82. The van der Waals surface area contributed by atoms with Crippen LogP contribution in [-0.2, 0) is 13.2 Å². The van der Waals surface area contributed by atoms with Crippen LogP contribution in [0, 0.1) is 17.0 Å². The van der Waals surface area contributed by atoms with E-state index in [1.54, 1.807) is 0 Å². The van der Waals surface area contributed by atoms with E-state index >= 15 is 0 Å². The van der Waals surface area contributed by atoms with Crippen molar-refractivity contribution in [3.05, 3.63) is 45.6 Å². The number of rotatable bonds is 7. The number of anilines is 1. The average Bonchev–Trinajstić information content (AvgIpc) is 2.86. The van der Waals surface area contributed by atoms with Crippen LogP contribution in [0.1, 0.15) is 11.3 Å². The van der Waals surface area contributed by atoms with Gasteiger partial charge >= 0.3 is 11.9 Å². The molecule has 0 saturated carbocycles. The van der Waals surface area contributed by atoms with Crippen LogP contribution < -0.4 is 9.64 Å². The molecule has 0 radical (unpaired) electrons. The van der Waals surface area contributed by atoms with E-state index in [0.717, 1.165) is 12.1 Å². The smallest absolute Gasteiger partial charge is 0.419 e. The van der Waals surface area contributed by atoms with Gasteiger partial charge in [-0.2, -0.15) is 18.3 Å².